The van der Waals surface area contributed by atoms with Crippen molar-refractivity contribution in [1.82, 2.24) is 0 Å². The first kappa shape index (κ1) is 9.43. The largest absolute Gasteiger partial charge is 0.478 e. The van der Waals surface area contributed by atoms with Crippen LogP contribution in [0.4, 0.5) is 0 Å². The van der Waals surface area contributed by atoms with Gasteiger partial charge in [-0.05, 0) is 0 Å². The average Bonchev–Trinajstić information content (AvgIpc) is 2.32. The van der Waals surface area contributed by atoms with Crippen molar-refractivity contribution in [3.8, 4) is 0 Å². The van der Waals surface area contributed by atoms with E-state index in [-0.39, 0.29) is 5.90 Å². The van der Waals surface area contributed by atoms with Gasteiger partial charge in [0.1, 0.15) is 6.61 Å². The number of hydrogen-bond acceptors (Lipinski definition) is 5. The Morgan fingerprint density at radius 1 is 1.75 bits per heavy atom. The molecule has 0 aromatic carbocycles. The third-order valence-corrected chi connectivity index (χ3v) is 2.10. The van der Waals surface area contributed by atoms with Crippen molar-refractivity contribution in [2.75, 3.05) is 18.9 Å². The highest BCUT2D eigenvalue weighted by Gasteiger charge is 2.21. The molecular formula is C5H10N2O4S. The first-order valence-electron chi connectivity index (χ1n) is 3.37. The molecule has 70 valence electrons. The maximum Gasteiger partial charge on any atom is 0.266 e. The lowest BCUT2D eigenvalue weighted by Crippen LogP contribution is -2.37. The lowest BCUT2D eigenvalue weighted by atomic mass is 10.4. The summed E-state index contributed by atoms with van der Waals surface area (Å²) in [5.41, 5.74) is 5.37. The molecule has 0 saturated heterocycles. The topological polar surface area (TPSA) is 102 Å². The summed E-state index contributed by atoms with van der Waals surface area (Å²) in [5.74, 6) is -0.348. The highest BCUT2D eigenvalue weighted by molar-refractivity contribution is 7.85. The van der Waals surface area contributed by atoms with Crippen molar-refractivity contribution in [1.29, 1.82) is 0 Å². The van der Waals surface area contributed by atoms with Gasteiger partial charge in [-0.15, -0.1) is 0 Å². The lowest BCUT2D eigenvalue weighted by molar-refractivity contribution is 0.334. The van der Waals surface area contributed by atoms with Crippen LogP contribution < -0.4 is 5.73 Å². The van der Waals surface area contributed by atoms with Crippen LogP contribution in [0.5, 0.6) is 0 Å². The molecule has 1 aliphatic heterocycles. The molecule has 0 spiro atoms. The maximum absolute atomic E-state index is 10.4. The van der Waals surface area contributed by atoms with Gasteiger partial charge in [0.2, 0.25) is 5.90 Å². The van der Waals surface area contributed by atoms with E-state index in [1.165, 1.54) is 0 Å². The molecule has 0 aliphatic carbocycles. The van der Waals surface area contributed by atoms with Gasteiger partial charge in [0.25, 0.3) is 10.1 Å². The van der Waals surface area contributed by atoms with Gasteiger partial charge in [-0.25, -0.2) is 0 Å². The van der Waals surface area contributed by atoms with Crippen molar-refractivity contribution >= 4 is 16.0 Å². The summed E-state index contributed by atoms with van der Waals surface area (Å²) in [5, 5.41) is 0. The van der Waals surface area contributed by atoms with E-state index in [1.807, 2.05) is 0 Å². The Balaban J connectivity index is 2.54. The van der Waals surface area contributed by atoms with Crippen molar-refractivity contribution < 1.29 is 17.7 Å². The quantitative estimate of drug-likeness (QED) is 0.540. The fourth-order valence-electron chi connectivity index (χ4n) is 0.874. The number of aliphatic imine (C=N–C) groups is 1. The molecule has 0 amide bonds. The van der Waals surface area contributed by atoms with Crippen LogP contribution in [0, 0.1) is 0 Å². The normalized spacial score (nSPS) is 20.0. The van der Waals surface area contributed by atoms with Crippen LogP contribution in [-0.4, -0.2) is 43.8 Å². The predicted octanol–water partition coefficient (Wildman–Crippen LogP) is -1.37. The van der Waals surface area contributed by atoms with Crippen LogP contribution in [-0.2, 0) is 14.9 Å². The Morgan fingerprint density at radius 3 is 2.83 bits per heavy atom. The van der Waals surface area contributed by atoms with Gasteiger partial charge in [-0.2, -0.15) is 8.42 Å². The molecule has 6 nitrogen and oxygen atoms in total. The first-order chi connectivity index (χ1) is 5.49. The summed E-state index contributed by atoms with van der Waals surface area (Å²) in [4.78, 5) is 3.81. The van der Waals surface area contributed by atoms with Gasteiger partial charge in [0.05, 0.1) is 18.3 Å². The van der Waals surface area contributed by atoms with Gasteiger partial charge in [-0.1, -0.05) is 0 Å². The summed E-state index contributed by atoms with van der Waals surface area (Å²) in [6.07, 6.45) is 0. The molecule has 0 saturated carbocycles. The van der Waals surface area contributed by atoms with Crippen molar-refractivity contribution in [3.05, 3.63) is 0 Å². The summed E-state index contributed by atoms with van der Waals surface area (Å²) in [6.45, 7) is 0.920. The second-order valence-electron chi connectivity index (χ2n) is 2.42. The van der Waals surface area contributed by atoms with Crippen molar-refractivity contribution in [3.63, 3.8) is 0 Å². The molecule has 1 rings (SSSR count). The van der Waals surface area contributed by atoms with E-state index in [0.717, 1.165) is 0 Å². The molecule has 1 aliphatic rings. The first-order valence-corrected chi connectivity index (χ1v) is 4.98. The molecule has 3 N–H and O–H groups in total. The molecule has 1 heterocycles. The molecule has 1 atom stereocenters. The van der Waals surface area contributed by atoms with E-state index in [4.69, 9.17) is 15.0 Å². The number of ether oxygens (including phenoxy) is 1. The van der Waals surface area contributed by atoms with Crippen molar-refractivity contribution in [2.24, 2.45) is 10.7 Å². The van der Waals surface area contributed by atoms with E-state index in [0.29, 0.717) is 13.2 Å². The fourth-order valence-corrected chi connectivity index (χ4v) is 1.47. The maximum atomic E-state index is 10.4. The molecule has 12 heavy (non-hydrogen) atoms. The summed E-state index contributed by atoms with van der Waals surface area (Å²) < 4.78 is 34.1. The monoisotopic (exact) mass is 194 g/mol. The number of hydrogen-bond donors (Lipinski definition) is 2. The Hall–Kier alpha value is -0.660. The zero-order valence-electron chi connectivity index (χ0n) is 6.30. The fraction of sp³-hybridized carbons (Fsp3) is 0.800. The average molecular weight is 194 g/mol. The predicted molar refractivity (Wildman–Crippen MR) is 42.6 cm³/mol. The highest BCUT2D eigenvalue weighted by atomic mass is 32.2. The number of rotatable bonds is 3. The van der Waals surface area contributed by atoms with Crippen LogP contribution >= 0.6 is 0 Å². The standard InChI is InChI=1S/C5H10N2O4S/c6-4(3-12(8,9)10)5-7-1-2-11-5/h4H,1-3,6H2,(H,8,9,10). The second kappa shape index (κ2) is 3.38. The molecule has 0 aromatic rings. The Labute approximate surface area is 70.2 Å². The summed E-state index contributed by atoms with van der Waals surface area (Å²) in [7, 11) is -4.05. The zero-order valence-corrected chi connectivity index (χ0v) is 7.12. The third kappa shape index (κ3) is 2.76. The molecular weight excluding hydrogens is 184 g/mol. The van der Waals surface area contributed by atoms with E-state index in [2.05, 4.69) is 4.99 Å². The minimum absolute atomic E-state index is 0.202. The summed E-state index contributed by atoms with van der Waals surface area (Å²) in [6, 6.07) is -0.859. The number of nitrogens with zero attached hydrogens (tertiary/aromatic N) is 1. The number of nitrogens with two attached hydrogens (primary N) is 1. The SMILES string of the molecule is NC(CS(=O)(=O)O)C1=NCCO1. The molecule has 7 heteroatoms. The minimum atomic E-state index is -4.05. The van der Waals surface area contributed by atoms with E-state index in [1.54, 1.807) is 0 Å². The Morgan fingerprint density at radius 2 is 2.42 bits per heavy atom. The second-order valence-corrected chi connectivity index (χ2v) is 3.92. The van der Waals surface area contributed by atoms with E-state index >= 15 is 0 Å². The van der Waals surface area contributed by atoms with Gasteiger partial charge >= 0.3 is 0 Å². The Kier molecular flexibility index (Phi) is 2.65. The Bertz CT molecular complexity index is 284. The molecule has 1 unspecified atom stereocenters. The van der Waals surface area contributed by atoms with E-state index in [9.17, 15) is 8.42 Å². The lowest BCUT2D eigenvalue weighted by Gasteiger charge is -2.08. The van der Waals surface area contributed by atoms with Crippen molar-refractivity contribution in [2.45, 2.75) is 6.04 Å². The van der Waals surface area contributed by atoms with Gasteiger partial charge in [0, 0.05) is 0 Å². The molecule has 0 bridgehead atoms. The van der Waals surface area contributed by atoms with E-state index < -0.39 is 21.9 Å². The third-order valence-electron chi connectivity index (χ3n) is 1.32. The summed E-state index contributed by atoms with van der Waals surface area (Å²) >= 11 is 0. The van der Waals surface area contributed by atoms with Gasteiger partial charge in [0.15, 0.2) is 0 Å². The molecule has 0 fully saturated rings. The van der Waals surface area contributed by atoms with Crippen LogP contribution in [0.3, 0.4) is 0 Å². The minimum Gasteiger partial charge on any atom is -0.478 e. The molecule has 0 aromatic heterocycles. The highest BCUT2D eigenvalue weighted by Crippen LogP contribution is 1.99. The molecule has 0 radical (unpaired) electrons. The zero-order chi connectivity index (χ0) is 9.19. The van der Waals surface area contributed by atoms with Crippen LogP contribution in [0.1, 0.15) is 0 Å². The van der Waals surface area contributed by atoms with Gasteiger partial charge in [-0.3, -0.25) is 9.55 Å². The van der Waals surface area contributed by atoms with Gasteiger partial charge < -0.3 is 10.5 Å². The van der Waals surface area contributed by atoms with Crippen LogP contribution in [0.25, 0.3) is 0 Å². The van der Waals surface area contributed by atoms with Crippen LogP contribution in [0.2, 0.25) is 0 Å². The smallest absolute Gasteiger partial charge is 0.266 e. The van der Waals surface area contributed by atoms with Crippen LogP contribution in [0.15, 0.2) is 4.99 Å².